The summed E-state index contributed by atoms with van der Waals surface area (Å²) in [5.74, 6) is -0.150. The number of hydrogen-bond acceptors (Lipinski definition) is 2. The van der Waals surface area contributed by atoms with Gasteiger partial charge in [-0.25, -0.2) is 0 Å². The van der Waals surface area contributed by atoms with Crippen molar-refractivity contribution in [2.24, 2.45) is 0 Å². The number of anilines is 1. The van der Waals surface area contributed by atoms with E-state index in [-0.39, 0.29) is 5.91 Å². The van der Waals surface area contributed by atoms with E-state index in [2.05, 4.69) is 10.3 Å². The zero-order chi connectivity index (χ0) is 12.8. The zero-order valence-electron chi connectivity index (χ0n) is 10.1. The van der Waals surface area contributed by atoms with Gasteiger partial charge in [-0.1, -0.05) is 23.8 Å². The van der Waals surface area contributed by atoms with Crippen molar-refractivity contribution in [3.8, 4) is 0 Å². The van der Waals surface area contributed by atoms with Gasteiger partial charge in [0.25, 0.3) is 0 Å². The average molecular weight is 238 g/mol. The van der Waals surface area contributed by atoms with Gasteiger partial charge >= 0.3 is 0 Å². The van der Waals surface area contributed by atoms with Crippen molar-refractivity contribution in [2.75, 3.05) is 5.32 Å². The topological polar surface area (TPSA) is 42.0 Å². The van der Waals surface area contributed by atoms with Gasteiger partial charge in [0.05, 0.1) is 0 Å². The number of hydrogen-bond donors (Lipinski definition) is 1. The molecule has 0 aliphatic rings. The highest BCUT2D eigenvalue weighted by atomic mass is 16.1. The van der Waals surface area contributed by atoms with E-state index in [0.717, 1.165) is 11.3 Å². The molecule has 18 heavy (non-hydrogen) atoms. The minimum Gasteiger partial charge on any atom is -0.323 e. The minimum atomic E-state index is -0.150. The Bertz CT molecular complexity index is 544. The summed E-state index contributed by atoms with van der Waals surface area (Å²) in [7, 11) is 0. The number of amides is 1. The maximum absolute atomic E-state index is 11.7. The second-order valence-electron chi connectivity index (χ2n) is 3.97. The molecular weight excluding hydrogens is 224 g/mol. The van der Waals surface area contributed by atoms with Gasteiger partial charge in [0.2, 0.25) is 5.91 Å². The number of nitrogens with one attached hydrogen (secondary N) is 1. The van der Waals surface area contributed by atoms with Crippen LogP contribution in [-0.2, 0) is 4.79 Å². The molecule has 0 aliphatic carbocycles. The highest BCUT2D eigenvalue weighted by Gasteiger charge is 1.97. The van der Waals surface area contributed by atoms with Crippen molar-refractivity contribution in [1.82, 2.24) is 4.98 Å². The quantitative estimate of drug-likeness (QED) is 0.835. The number of pyridine rings is 1. The molecule has 1 heterocycles. The van der Waals surface area contributed by atoms with Crippen molar-refractivity contribution in [2.45, 2.75) is 6.92 Å². The van der Waals surface area contributed by atoms with Crippen LogP contribution in [0.3, 0.4) is 0 Å². The first-order chi connectivity index (χ1) is 8.74. The molecule has 3 heteroatoms. The van der Waals surface area contributed by atoms with Gasteiger partial charge in [0.1, 0.15) is 0 Å². The van der Waals surface area contributed by atoms with Crippen molar-refractivity contribution in [3.05, 3.63) is 66.0 Å². The number of carbonyl (C=O) groups is 1. The fraction of sp³-hybridized carbons (Fsp3) is 0.0667. The Hall–Kier alpha value is -2.42. The smallest absolute Gasteiger partial charge is 0.248 e. The third kappa shape index (κ3) is 3.56. The lowest BCUT2D eigenvalue weighted by atomic mass is 10.2. The van der Waals surface area contributed by atoms with Crippen LogP contribution in [0.5, 0.6) is 0 Å². The molecule has 0 radical (unpaired) electrons. The Morgan fingerprint density at radius 3 is 2.67 bits per heavy atom. The molecule has 0 saturated heterocycles. The number of aryl methyl sites for hydroxylation is 1. The molecule has 1 aromatic carbocycles. The Labute approximate surface area is 106 Å². The van der Waals surface area contributed by atoms with Gasteiger partial charge in [0, 0.05) is 24.2 Å². The maximum atomic E-state index is 11.7. The van der Waals surface area contributed by atoms with E-state index < -0.39 is 0 Å². The second-order valence-corrected chi connectivity index (χ2v) is 3.97. The first-order valence-corrected chi connectivity index (χ1v) is 5.70. The van der Waals surface area contributed by atoms with Crippen LogP contribution in [0, 0.1) is 6.92 Å². The van der Waals surface area contributed by atoms with E-state index in [1.807, 2.05) is 43.3 Å². The van der Waals surface area contributed by atoms with Crippen LogP contribution < -0.4 is 5.32 Å². The van der Waals surface area contributed by atoms with E-state index >= 15 is 0 Å². The van der Waals surface area contributed by atoms with Gasteiger partial charge in [-0.2, -0.15) is 0 Å². The summed E-state index contributed by atoms with van der Waals surface area (Å²) in [5.41, 5.74) is 2.86. The lowest BCUT2D eigenvalue weighted by molar-refractivity contribution is -0.111. The molecule has 3 nitrogen and oxygen atoms in total. The minimum absolute atomic E-state index is 0.150. The molecule has 2 rings (SSSR count). The molecule has 0 fully saturated rings. The monoisotopic (exact) mass is 238 g/mol. The van der Waals surface area contributed by atoms with Gasteiger partial charge in [-0.05, 0) is 36.8 Å². The molecule has 1 aromatic heterocycles. The van der Waals surface area contributed by atoms with Gasteiger partial charge in [-0.3, -0.25) is 9.78 Å². The summed E-state index contributed by atoms with van der Waals surface area (Å²) in [6.07, 6.45) is 6.63. The Balaban J connectivity index is 1.97. The first-order valence-electron chi connectivity index (χ1n) is 5.70. The van der Waals surface area contributed by atoms with E-state index in [9.17, 15) is 4.79 Å². The number of aromatic nitrogens is 1. The van der Waals surface area contributed by atoms with E-state index in [1.54, 1.807) is 18.5 Å². The van der Waals surface area contributed by atoms with E-state index in [0.29, 0.717) is 0 Å². The molecule has 2 aromatic rings. The number of benzene rings is 1. The molecule has 0 unspecified atom stereocenters. The molecule has 0 saturated carbocycles. The lowest BCUT2D eigenvalue weighted by Crippen LogP contribution is -2.07. The Morgan fingerprint density at radius 2 is 2.00 bits per heavy atom. The van der Waals surface area contributed by atoms with Crippen LogP contribution in [0.15, 0.2) is 54.9 Å². The van der Waals surface area contributed by atoms with Gasteiger partial charge < -0.3 is 5.32 Å². The summed E-state index contributed by atoms with van der Waals surface area (Å²) in [6.45, 7) is 2.01. The van der Waals surface area contributed by atoms with Crippen LogP contribution in [0.1, 0.15) is 11.1 Å². The second kappa shape index (κ2) is 5.77. The van der Waals surface area contributed by atoms with Crippen LogP contribution in [0.4, 0.5) is 5.69 Å². The standard InChI is InChI=1S/C15H14N2O/c1-12-4-7-14(8-5-12)17-15(18)9-6-13-3-2-10-16-11-13/h2-11H,1H3,(H,17,18)/b9-6+. The highest BCUT2D eigenvalue weighted by Crippen LogP contribution is 2.08. The number of carbonyl (C=O) groups excluding carboxylic acids is 1. The molecular formula is C15H14N2O. The molecule has 0 aliphatic heterocycles. The number of rotatable bonds is 3. The molecule has 90 valence electrons. The highest BCUT2D eigenvalue weighted by molar-refractivity contribution is 6.01. The van der Waals surface area contributed by atoms with E-state index in [1.165, 1.54) is 11.6 Å². The fourth-order valence-corrected chi connectivity index (χ4v) is 1.47. The predicted molar refractivity (Wildman–Crippen MR) is 73.1 cm³/mol. The lowest BCUT2D eigenvalue weighted by Gasteiger charge is -2.01. The molecule has 0 atom stereocenters. The Kier molecular flexibility index (Phi) is 3.86. The largest absolute Gasteiger partial charge is 0.323 e. The Morgan fingerprint density at radius 1 is 1.22 bits per heavy atom. The van der Waals surface area contributed by atoms with Gasteiger partial charge in [0.15, 0.2) is 0 Å². The predicted octanol–water partition coefficient (Wildman–Crippen LogP) is 3.04. The molecule has 0 spiro atoms. The third-order valence-electron chi connectivity index (χ3n) is 2.43. The van der Waals surface area contributed by atoms with Crippen molar-refractivity contribution >= 4 is 17.7 Å². The van der Waals surface area contributed by atoms with Crippen LogP contribution in [0.2, 0.25) is 0 Å². The van der Waals surface area contributed by atoms with E-state index in [4.69, 9.17) is 0 Å². The number of nitrogens with zero attached hydrogens (tertiary/aromatic N) is 1. The van der Waals surface area contributed by atoms with Crippen LogP contribution in [0.25, 0.3) is 6.08 Å². The first kappa shape index (κ1) is 12.0. The normalized spacial score (nSPS) is 10.5. The summed E-state index contributed by atoms with van der Waals surface area (Å²) in [4.78, 5) is 15.6. The molecule has 1 amide bonds. The van der Waals surface area contributed by atoms with Crippen molar-refractivity contribution < 1.29 is 4.79 Å². The van der Waals surface area contributed by atoms with Crippen LogP contribution >= 0.6 is 0 Å². The summed E-state index contributed by atoms with van der Waals surface area (Å²) in [5, 5.41) is 2.79. The molecule has 1 N–H and O–H groups in total. The third-order valence-corrected chi connectivity index (χ3v) is 2.43. The summed E-state index contributed by atoms with van der Waals surface area (Å²) < 4.78 is 0. The fourth-order valence-electron chi connectivity index (χ4n) is 1.47. The average Bonchev–Trinajstić information content (AvgIpc) is 2.40. The molecule has 0 bridgehead atoms. The summed E-state index contributed by atoms with van der Waals surface area (Å²) >= 11 is 0. The maximum Gasteiger partial charge on any atom is 0.248 e. The SMILES string of the molecule is Cc1ccc(NC(=O)/C=C/c2cccnc2)cc1. The van der Waals surface area contributed by atoms with Crippen molar-refractivity contribution in [3.63, 3.8) is 0 Å². The summed E-state index contributed by atoms with van der Waals surface area (Å²) in [6, 6.07) is 11.4. The van der Waals surface area contributed by atoms with Crippen molar-refractivity contribution in [1.29, 1.82) is 0 Å². The van der Waals surface area contributed by atoms with Gasteiger partial charge in [-0.15, -0.1) is 0 Å². The zero-order valence-corrected chi connectivity index (χ0v) is 10.1. The van der Waals surface area contributed by atoms with Crippen LogP contribution in [-0.4, -0.2) is 10.9 Å².